The number of carbonyl (C=O) groups is 1. The molecule has 0 amide bonds. The molecule has 0 aliphatic carbocycles. The number of benzene rings is 1. The number of Topliss-reactive ketones (excluding diaryl/α,β-unsaturated/α-hetero) is 1. The summed E-state index contributed by atoms with van der Waals surface area (Å²) in [6.07, 6.45) is 6.26. The largest absolute Gasteiger partial charge is 0.294 e. The normalized spacial score (nSPS) is 10.2. The Bertz CT molecular complexity index is 401. The Hall–Kier alpha value is -1.15. The molecule has 0 N–H and O–H groups in total. The van der Waals surface area contributed by atoms with Gasteiger partial charge in [0, 0.05) is 12.0 Å². The van der Waals surface area contributed by atoms with Crippen LogP contribution in [-0.4, -0.2) is 5.78 Å². The number of carbonyl (C=O) groups excluding carboxylic acids is 1. The molecule has 0 unspecified atom stereocenters. The van der Waals surface area contributed by atoms with E-state index in [9.17, 15) is 9.18 Å². The SMILES string of the molecule is C=CCCCCCC(=O)c1ccc(F)c(Cl)c1. The van der Waals surface area contributed by atoms with E-state index in [1.165, 1.54) is 18.2 Å². The molecule has 0 radical (unpaired) electrons. The van der Waals surface area contributed by atoms with Crippen molar-refractivity contribution in [3.05, 3.63) is 47.3 Å². The lowest BCUT2D eigenvalue weighted by atomic mass is 10.0. The van der Waals surface area contributed by atoms with E-state index in [4.69, 9.17) is 11.6 Å². The van der Waals surface area contributed by atoms with Gasteiger partial charge in [-0.1, -0.05) is 24.1 Å². The monoisotopic (exact) mass is 254 g/mol. The van der Waals surface area contributed by atoms with Crippen LogP contribution in [0.4, 0.5) is 4.39 Å². The summed E-state index contributed by atoms with van der Waals surface area (Å²) in [6, 6.07) is 4.10. The molecule has 0 fully saturated rings. The van der Waals surface area contributed by atoms with Crippen LogP contribution in [0.2, 0.25) is 5.02 Å². The molecule has 3 heteroatoms. The molecule has 0 aromatic heterocycles. The summed E-state index contributed by atoms with van der Waals surface area (Å²) < 4.78 is 12.9. The van der Waals surface area contributed by atoms with E-state index < -0.39 is 5.82 Å². The average molecular weight is 255 g/mol. The van der Waals surface area contributed by atoms with Crippen LogP contribution in [0, 0.1) is 5.82 Å². The zero-order valence-electron chi connectivity index (χ0n) is 9.72. The summed E-state index contributed by atoms with van der Waals surface area (Å²) >= 11 is 5.62. The molecule has 0 saturated carbocycles. The van der Waals surface area contributed by atoms with E-state index in [1.54, 1.807) is 0 Å². The zero-order chi connectivity index (χ0) is 12.7. The fraction of sp³-hybridized carbons (Fsp3) is 0.357. The minimum absolute atomic E-state index is 0.00232. The van der Waals surface area contributed by atoms with Gasteiger partial charge in [-0.15, -0.1) is 6.58 Å². The maximum atomic E-state index is 12.9. The van der Waals surface area contributed by atoms with Gasteiger partial charge >= 0.3 is 0 Å². The first-order chi connectivity index (χ1) is 8.15. The summed E-state index contributed by atoms with van der Waals surface area (Å²) in [5, 5.41) is 0.00232. The van der Waals surface area contributed by atoms with Crippen molar-refractivity contribution in [1.82, 2.24) is 0 Å². The van der Waals surface area contributed by atoms with Gasteiger partial charge in [-0.3, -0.25) is 4.79 Å². The first-order valence-electron chi connectivity index (χ1n) is 5.74. The van der Waals surface area contributed by atoms with Gasteiger partial charge in [0.25, 0.3) is 0 Å². The molecule has 1 rings (SSSR count). The smallest absolute Gasteiger partial charge is 0.162 e. The highest BCUT2D eigenvalue weighted by atomic mass is 35.5. The molecule has 92 valence electrons. The lowest BCUT2D eigenvalue weighted by Gasteiger charge is -2.02. The summed E-state index contributed by atoms with van der Waals surface area (Å²) in [7, 11) is 0. The van der Waals surface area contributed by atoms with Crippen molar-refractivity contribution < 1.29 is 9.18 Å². The van der Waals surface area contributed by atoms with Crippen LogP contribution in [0.1, 0.15) is 42.5 Å². The van der Waals surface area contributed by atoms with E-state index in [0.717, 1.165) is 25.7 Å². The van der Waals surface area contributed by atoms with Gasteiger partial charge in [-0.2, -0.15) is 0 Å². The fourth-order valence-electron chi connectivity index (χ4n) is 1.56. The molecule has 0 bridgehead atoms. The minimum atomic E-state index is -0.491. The Balaban J connectivity index is 2.41. The van der Waals surface area contributed by atoms with Gasteiger partial charge in [0.2, 0.25) is 0 Å². The van der Waals surface area contributed by atoms with Gasteiger partial charge in [0.15, 0.2) is 5.78 Å². The second kappa shape index (κ2) is 7.23. The number of halogens is 2. The molecule has 0 aliphatic rings. The minimum Gasteiger partial charge on any atom is -0.294 e. The third-order valence-corrected chi connectivity index (χ3v) is 2.84. The first kappa shape index (κ1) is 13.9. The second-order valence-corrected chi connectivity index (χ2v) is 4.35. The maximum absolute atomic E-state index is 12.9. The fourth-order valence-corrected chi connectivity index (χ4v) is 1.75. The third kappa shape index (κ3) is 4.70. The lowest BCUT2D eigenvalue weighted by molar-refractivity contribution is 0.0979. The molecule has 17 heavy (non-hydrogen) atoms. The Labute approximate surface area is 106 Å². The number of rotatable bonds is 7. The number of allylic oxidation sites excluding steroid dienone is 1. The Morgan fingerprint density at radius 2 is 2.12 bits per heavy atom. The molecule has 0 heterocycles. The summed E-state index contributed by atoms with van der Waals surface area (Å²) in [5.74, 6) is -0.472. The molecule has 1 nitrogen and oxygen atoms in total. The number of hydrogen-bond acceptors (Lipinski definition) is 1. The van der Waals surface area contributed by atoms with Crippen molar-refractivity contribution in [2.24, 2.45) is 0 Å². The summed E-state index contributed by atoms with van der Waals surface area (Å²) in [5.41, 5.74) is 0.486. The van der Waals surface area contributed by atoms with Crippen molar-refractivity contribution >= 4 is 17.4 Å². The van der Waals surface area contributed by atoms with Crippen molar-refractivity contribution in [2.75, 3.05) is 0 Å². The maximum Gasteiger partial charge on any atom is 0.162 e. The summed E-state index contributed by atoms with van der Waals surface area (Å²) in [4.78, 5) is 11.7. The molecule has 1 aromatic rings. The van der Waals surface area contributed by atoms with E-state index >= 15 is 0 Å². The van der Waals surface area contributed by atoms with Crippen molar-refractivity contribution in [2.45, 2.75) is 32.1 Å². The van der Waals surface area contributed by atoms with Gasteiger partial charge < -0.3 is 0 Å². The Morgan fingerprint density at radius 1 is 1.35 bits per heavy atom. The van der Waals surface area contributed by atoms with Crippen LogP contribution in [-0.2, 0) is 0 Å². The highest BCUT2D eigenvalue weighted by Crippen LogP contribution is 2.18. The standard InChI is InChI=1S/C14H16ClFO/c1-2-3-4-5-6-7-14(17)11-8-9-13(16)12(15)10-11/h2,8-10H,1,3-7H2. The Kier molecular flexibility index (Phi) is 5.92. The molecular formula is C14H16ClFO. The predicted octanol–water partition coefficient (Wildman–Crippen LogP) is 4.80. The van der Waals surface area contributed by atoms with Gasteiger partial charge in [0.1, 0.15) is 5.82 Å². The topological polar surface area (TPSA) is 17.1 Å². The van der Waals surface area contributed by atoms with E-state index in [2.05, 4.69) is 6.58 Å². The molecule has 0 spiro atoms. The summed E-state index contributed by atoms with van der Waals surface area (Å²) in [6.45, 7) is 3.64. The van der Waals surface area contributed by atoms with E-state index in [1.807, 2.05) is 6.08 Å². The van der Waals surface area contributed by atoms with Crippen LogP contribution in [0.15, 0.2) is 30.9 Å². The molecular weight excluding hydrogens is 239 g/mol. The number of unbranched alkanes of at least 4 members (excludes halogenated alkanes) is 3. The van der Waals surface area contributed by atoms with Crippen molar-refractivity contribution in [3.63, 3.8) is 0 Å². The van der Waals surface area contributed by atoms with Crippen LogP contribution < -0.4 is 0 Å². The Morgan fingerprint density at radius 3 is 2.76 bits per heavy atom. The second-order valence-electron chi connectivity index (χ2n) is 3.94. The van der Waals surface area contributed by atoms with Crippen LogP contribution in [0.3, 0.4) is 0 Å². The van der Waals surface area contributed by atoms with E-state index in [0.29, 0.717) is 12.0 Å². The zero-order valence-corrected chi connectivity index (χ0v) is 10.5. The highest BCUT2D eigenvalue weighted by molar-refractivity contribution is 6.31. The highest BCUT2D eigenvalue weighted by Gasteiger charge is 2.08. The third-order valence-electron chi connectivity index (χ3n) is 2.55. The van der Waals surface area contributed by atoms with Crippen LogP contribution in [0.5, 0.6) is 0 Å². The first-order valence-corrected chi connectivity index (χ1v) is 6.12. The van der Waals surface area contributed by atoms with Crippen molar-refractivity contribution in [1.29, 1.82) is 0 Å². The average Bonchev–Trinajstić information content (AvgIpc) is 2.32. The predicted molar refractivity (Wildman–Crippen MR) is 69.0 cm³/mol. The van der Waals surface area contributed by atoms with Gasteiger partial charge in [-0.25, -0.2) is 4.39 Å². The van der Waals surface area contributed by atoms with Gasteiger partial charge in [-0.05, 0) is 37.5 Å². The molecule has 1 aromatic carbocycles. The molecule has 0 aliphatic heterocycles. The van der Waals surface area contributed by atoms with Crippen LogP contribution >= 0.6 is 11.6 Å². The van der Waals surface area contributed by atoms with E-state index in [-0.39, 0.29) is 10.8 Å². The van der Waals surface area contributed by atoms with Crippen molar-refractivity contribution in [3.8, 4) is 0 Å². The number of ketones is 1. The number of hydrogen-bond donors (Lipinski definition) is 0. The molecule has 0 atom stereocenters. The quantitative estimate of drug-likeness (QED) is 0.388. The lowest BCUT2D eigenvalue weighted by Crippen LogP contribution is -1.99. The van der Waals surface area contributed by atoms with Crippen LogP contribution in [0.25, 0.3) is 0 Å². The molecule has 0 saturated heterocycles. The van der Waals surface area contributed by atoms with Gasteiger partial charge in [0.05, 0.1) is 5.02 Å².